The van der Waals surface area contributed by atoms with Crippen LogP contribution in [0.2, 0.25) is 0 Å². The highest BCUT2D eigenvalue weighted by molar-refractivity contribution is 7.86. The van der Waals surface area contributed by atoms with Gasteiger partial charge in [-0.05, 0) is 42.8 Å². The van der Waals surface area contributed by atoms with E-state index in [-0.39, 0.29) is 19.0 Å². The first-order valence-electron chi connectivity index (χ1n) is 11.4. The zero-order valence-electron chi connectivity index (χ0n) is 19.6. The Hall–Kier alpha value is -3.08. The number of carbonyl (C=O) groups is 1. The van der Waals surface area contributed by atoms with Gasteiger partial charge in [-0.2, -0.15) is 17.0 Å². The molecule has 1 aromatic heterocycles. The lowest BCUT2D eigenvalue weighted by atomic mass is 10.1. The predicted molar refractivity (Wildman–Crippen MR) is 129 cm³/mol. The van der Waals surface area contributed by atoms with Crippen molar-refractivity contribution < 1.29 is 17.6 Å². The molecular weight excluding hydrogens is 454 g/mol. The molecule has 1 saturated heterocycles. The SMILES string of the molecule is CCN(CC)S(=O)(=O)N1CCN(C(=O)c2ccc(-c3nnc(-c4ccccc4C)o3)cc2)CC1. The van der Waals surface area contributed by atoms with E-state index in [0.29, 0.717) is 43.5 Å². The number of nitrogens with zero attached hydrogens (tertiary/aromatic N) is 5. The Morgan fingerprint density at radius 3 is 2.18 bits per heavy atom. The Balaban J connectivity index is 1.41. The van der Waals surface area contributed by atoms with Crippen LogP contribution < -0.4 is 0 Å². The van der Waals surface area contributed by atoms with Crippen LogP contribution in [0.5, 0.6) is 0 Å². The van der Waals surface area contributed by atoms with E-state index in [1.165, 1.54) is 8.61 Å². The van der Waals surface area contributed by atoms with Crippen molar-refractivity contribution in [2.24, 2.45) is 0 Å². The molecule has 0 spiro atoms. The summed E-state index contributed by atoms with van der Waals surface area (Å²) in [7, 11) is -3.49. The highest BCUT2D eigenvalue weighted by atomic mass is 32.2. The molecular formula is C24H29N5O4S. The second-order valence-electron chi connectivity index (χ2n) is 8.09. The minimum Gasteiger partial charge on any atom is -0.416 e. The van der Waals surface area contributed by atoms with Crippen LogP contribution in [0.4, 0.5) is 0 Å². The van der Waals surface area contributed by atoms with Crippen LogP contribution in [0.1, 0.15) is 29.8 Å². The predicted octanol–water partition coefficient (Wildman–Crippen LogP) is 3.06. The molecule has 2 heterocycles. The van der Waals surface area contributed by atoms with Crippen molar-refractivity contribution in [1.29, 1.82) is 0 Å². The van der Waals surface area contributed by atoms with Crippen LogP contribution in [0.15, 0.2) is 52.9 Å². The number of aryl methyl sites for hydroxylation is 1. The number of hydrogen-bond donors (Lipinski definition) is 0. The fourth-order valence-electron chi connectivity index (χ4n) is 4.03. The number of benzene rings is 2. The van der Waals surface area contributed by atoms with Gasteiger partial charge in [-0.1, -0.05) is 32.0 Å². The Morgan fingerprint density at radius 1 is 0.941 bits per heavy atom. The summed E-state index contributed by atoms with van der Waals surface area (Å²) >= 11 is 0. The Kier molecular flexibility index (Phi) is 7.11. The summed E-state index contributed by atoms with van der Waals surface area (Å²) in [6.45, 7) is 7.75. The maximum absolute atomic E-state index is 13.0. The van der Waals surface area contributed by atoms with E-state index < -0.39 is 10.2 Å². The second kappa shape index (κ2) is 10.0. The topological polar surface area (TPSA) is 99.9 Å². The van der Waals surface area contributed by atoms with Gasteiger partial charge in [-0.15, -0.1) is 10.2 Å². The van der Waals surface area contributed by atoms with Crippen molar-refractivity contribution in [2.45, 2.75) is 20.8 Å². The molecule has 1 fully saturated rings. The fourth-order valence-corrected chi connectivity index (χ4v) is 5.64. The van der Waals surface area contributed by atoms with Crippen LogP contribution in [0, 0.1) is 6.92 Å². The summed E-state index contributed by atoms with van der Waals surface area (Å²) in [5.74, 6) is 0.704. The highest BCUT2D eigenvalue weighted by Gasteiger charge is 2.32. The molecule has 1 aliphatic rings. The normalized spacial score (nSPS) is 15.1. The third-order valence-electron chi connectivity index (χ3n) is 6.06. The molecule has 2 aromatic carbocycles. The number of carbonyl (C=O) groups excluding carboxylic acids is 1. The zero-order chi connectivity index (χ0) is 24.3. The van der Waals surface area contributed by atoms with Gasteiger partial charge in [0.15, 0.2) is 0 Å². The summed E-state index contributed by atoms with van der Waals surface area (Å²) in [5, 5.41) is 8.31. The van der Waals surface area contributed by atoms with Crippen molar-refractivity contribution in [3.8, 4) is 22.9 Å². The smallest absolute Gasteiger partial charge is 0.282 e. The van der Waals surface area contributed by atoms with Gasteiger partial charge in [0.25, 0.3) is 16.1 Å². The molecule has 0 radical (unpaired) electrons. The first-order chi connectivity index (χ1) is 16.3. The lowest BCUT2D eigenvalue weighted by Gasteiger charge is -2.36. The maximum atomic E-state index is 13.0. The van der Waals surface area contributed by atoms with Gasteiger partial charge in [0.2, 0.25) is 11.8 Å². The average molecular weight is 484 g/mol. The average Bonchev–Trinajstić information content (AvgIpc) is 3.35. The molecule has 9 nitrogen and oxygen atoms in total. The summed E-state index contributed by atoms with van der Waals surface area (Å²) < 4.78 is 34.2. The summed E-state index contributed by atoms with van der Waals surface area (Å²) in [4.78, 5) is 14.7. The lowest BCUT2D eigenvalue weighted by Crippen LogP contribution is -2.54. The van der Waals surface area contributed by atoms with Gasteiger partial charge in [0.1, 0.15) is 0 Å². The van der Waals surface area contributed by atoms with Crippen LogP contribution in [0.3, 0.4) is 0 Å². The van der Waals surface area contributed by atoms with Gasteiger partial charge >= 0.3 is 0 Å². The third kappa shape index (κ3) is 4.75. The summed E-state index contributed by atoms with van der Waals surface area (Å²) in [5.41, 5.74) is 3.18. The Morgan fingerprint density at radius 2 is 1.56 bits per heavy atom. The molecule has 0 saturated carbocycles. The number of amides is 1. The zero-order valence-corrected chi connectivity index (χ0v) is 20.5. The van der Waals surface area contributed by atoms with E-state index >= 15 is 0 Å². The molecule has 0 unspecified atom stereocenters. The number of piperazine rings is 1. The highest BCUT2D eigenvalue weighted by Crippen LogP contribution is 2.26. The summed E-state index contributed by atoms with van der Waals surface area (Å²) in [6.07, 6.45) is 0. The van der Waals surface area contributed by atoms with Crippen molar-refractivity contribution in [2.75, 3.05) is 39.3 Å². The molecule has 0 N–H and O–H groups in total. The molecule has 3 aromatic rings. The minimum atomic E-state index is -3.49. The molecule has 180 valence electrons. The summed E-state index contributed by atoms with van der Waals surface area (Å²) in [6, 6.07) is 14.8. The van der Waals surface area contributed by atoms with Gasteiger partial charge in [-0.3, -0.25) is 4.79 Å². The molecule has 4 rings (SSSR count). The van der Waals surface area contributed by atoms with E-state index in [0.717, 1.165) is 16.7 Å². The first kappa shape index (κ1) is 24.1. The molecule has 0 bridgehead atoms. The number of hydrogen-bond acceptors (Lipinski definition) is 6. The fraction of sp³-hybridized carbons (Fsp3) is 0.375. The van der Waals surface area contributed by atoms with E-state index in [1.54, 1.807) is 29.2 Å². The van der Waals surface area contributed by atoms with Gasteiger partial charge in [-0.25, -0.2) is 0 Å². The van der Waals surface area contributed by atoms with E-state index in [4.69, 9.17) is 4.42 Å². The molecule has 0 aliphatic carbocycles. The Labute approximate surface area is 200 Å². The van der Waals surface area contributed by atoms with Crippen molar-refractivity contribution >= 4 is 16.1 Å². The van der Waals surface area contributed by atoms with Crippen LogP contribution in [-0.4, -0.2) is 77.3 Å². The van der Waals surface area contributed by atoms with Crippen molar-refractivity contribution in [3.63, 3.8) is 0 Å². The second-order valence-corrected chi connectivity index (χ2v) is 10.0. The molecule has 1 aliphatic heterocycles. The van der Waals surface area contributed by atoms with Gasteiger partial charge < -0.3 is 9.32 Å². The van der Waals surface area contributed by atoms with E-state index in [1.807, 2.05) is 45.0 Å². The largest absolute Gasteiger partial charge is 0.416 e. The van der Waals surface area contributed by atoms with E-state index in [9.17, 15) is 13.2 Å². The van der Waals surface area contributed by atoms with Crippen molar-refractivity contribution in [1.82, 2.24) is 23.7 Å². The van der Waals surface area contributed by atoms with Gasteiger partial charge in [0, 0.05) is 56.0 Å². The third-order valence-corrected chi connectivity index (χ3v) is 8.25. The molecule has 10 heteroatoms. The van der Waals surface area contributed by atoms with E-state index in [2.05, 4.69) is 10.2 Å². The quantitative estimate of drug-likeness (QED) is 0.512. The molecule has 0 atom stereocenters. The lowest BCUT2D eigenvalue weighted by molar-refractivity contribution is 0.0694. The first-order valence-corrected chi connectivity index (χ1v) is 12.8. The van der Waals surface area contributed by atoms with Crippen LogP contribution >= 0.6 is 0 Å². The number of aromatic nitrogens is 2. The molecule has 34 heavy (non-hydrogen) atoms. The standard InChI is InChI=1S/C24H29N5O4S/c1-4-28(5-2)34(31,32)29-16-14-27(15-17-29)24(30)20-12-10-19(11-13-20)22-25-26-23(33-22)21-9-7-6-8-18(21)3/h6-13H,4-5,14-17H2,1-3H3. The minimum absolute atomic E-state index is 0.127. The number of rotatable bonds is 7. The Bertz CT molecular complexity index is 1240. The maximum Gasteiger partial charge on any atom is 0.282 e. The van der Waals surface area contributed by atoms with Gasteiger partial charge in [0.05, 0.1) is 0 Å². The van der Waals surface area contributed by atoms with Crippen LogP contribution in [-0.2, 0) is 10.2 Å². The molecule has 1 amide bonds. The van der Waals surface area contributed by atoms with Crippen molar-refractivity contribution in [3.05, 3.63) is 59.7 Å². The van der Waals surface area contributed by atoms with Crippen LogP contribution in [0.25, 0.3) is 22.9 Å². The monoisotopic (exact) mass is 483 g/mol.